The Balaban J connectivity index is 2.27. The Hall–Kier alpha value is -3.47. The van der Waals surface area contributed by atoms with E-state index in [0.717, 1.165) is 11.7 Å². The van der Waals surface area contributed by atoms with Crippen LogP contribution in [0.15, 0.2) is 38.9 Å². The zero-order valence-corrected chi connectivity index (χ0v) is 21.6. The number of aryl methyl sites for hydroxylation is 1. The zero-order valence-electron chi connectivity index (χ0n) is 20.7. The Bertz CT molecular complexity index is 1280. The Kier molecular flexibility index (Phi) is 9.03. The van der Waals surface area contributed by atoms with E-state index in [1.807, 2.05) is 12.3 Å². The predicted molar refractivity (Wildman–Crippen MR) is 138 cm³/mol. The fourth-order valence-corrected chi connectivity index (χ4v) is 4.67. The molecule has 0 fully saturated rings. The summed E-state index contributed by atoms with van der Waals surface area (Å²) in [6.07, 6.45) is 3.81. The van der Waals surface area contributed by atoms with Crippen LogP contribution in [0.4, 0.5) is 0 Å². The molecule has 0 radical (unpaired) electrons. The van der Waals surface area contributed by atoms with Crippen molar-refractivity contribution in [2.24, 2.45) is 4.99 Å². The number of hydrogen-bond acceptors (Lipinski definition) is 9. The zero-order chi connectivity index (χ0) is 26.4. The average molecular weight is 510 g/mol. The Morgan fingerprint density at radius 2 is 1.94 bits per heavy atom. The molecule has 2 aromatic rings. The van der Waals surface area contributed by atoms with Crippen LogP contribution < -0.4 is 25.0 Å². The molecule has 0 spiro atoms. The van der Waals surface area contributed by atoms with Gasteiger partial charge in [-0.3, -0.25) is 9.59 Å². The van der Waals surface area contributed by atoms with E-state index in [-0.39, 0.29) is 22.8 Å². The Morgan fingerprint density at radius 1 is 1.22 bits per heavy atom. The Morgan fingerprint density at radius 3 is 2.56 bits per heavy atom. The quantitative estimate of drug-likeness (QED) is 0.189. The molecule has 3 rings (SSSR count). The number of nitrogens with zero attached hydrogens (tertiary/aromatic N) is 1. The van der Waals surface area contributed by atoms with Crippen molar-refractivity contribution >= 4 is 36.9 Å². The molecule has 1 amide bonds. The first-order chi connectivity index (χ1) is 17.2. The first-order valence-corrected chi connectivity index (χ1v) is 12.4. The third kappa shape index (κ3) is 5.67. The molecule has 9 nitrogen and oxygen atoms in total. The van der Waals surface area contributed by atoms with Crippen LogP contribution in [0.3, 0.4) is 0 Å². The average Bonchev–Trinajstić information content (AvgIpc) is 3.09. The van der Waals surface area contributed by atoms with Crippen LogP contribution in [0, 0.1) is 0 Å². The van der Waals surface area contributed by atoms with Crippen molar-refractivity contribution in [3.05, 3.63) is 45.6 Å². The molecule has 188 valence electrons. The number of benzene rings is 1. The molecule has 1 unspecified atom stereocenters. The molecular formula is C25H27BN2O7S. The van der Waals surface area contributed by atoms with Crippen molar-refractivity contribution in [3.8, 4) is 28.4 Å². The first-order valence-electron chi connectivity index (χ1n) is 11.2. The van der Waals surface area contributed by atoms with Crippen LogP contribution >= 0.6 is 11.8 Å². The summed E-state index contributed by atoms with van der Waals surface area (Å²) in [6.45, 7) is 2.94. The van der Waals surface area contributed by atoms with E-state index in [0.29, 0.717) is 47.3 Å². The van der Waals surface area contributed by atoms with E-state index >= 15 is 0 Å². The molecule has 36 heavy (non-hydrogen) atoms. The predicted octanol–water partition coefficient (Wildman–Crippen LogP) is 2.95. The molecule has 1 N–H and O–H groups in total. The number of rotatable bonds is 8. The van der Waals surface area contributed by atoms with Gasteiger partial charge in [-0.05, 0) is 6.26 Å². The van der Waals surface area contributed by atoms with Crippen molar-refractivity contribution in [2.45, 2.75) is 43.7 Å². The van der Waals surface area contributed by atoms with Crippen molar-refractivity contribution < 1.29 is 28.5 Å². The molecule has 0 saturated carbocycles. The summed E-state index contributed by atoms with van der Waals surface area (Å²) < 4.78 is 27.5. The fourth-order valence-electron chi connectivity index (χ4n) is 4.20. The van der Waals surface area contributed by atoms with Gasteiger partial charge < -0.3 is 0 Å². The van der Waals surface area contributed by atoms with Crippen molar-refractivity contribution in [1.29, 1.82) is 0 Å². The van der Waals surface area contributed by atoms with Crippen LogP contribution in [-0.2, 0) is 20.7 Å². The second kappa shape index (κ2) is 12.0. The number of carbonyl (C=O) groups excluding carboxylic acids is 2. The number of thioether (sulfide) groups is 1. The standard InChI is InChI=1S/C25H27BN2O7S/c1-13(27-12-26-32)25(31)35-20-10-15-6-8-18(28-14(2)29)17-11-19(30)21(36-5)9-7-16(17)22(15)24(34-4)23(20)33-3/h7,9-13,18H,6,8H2,1-5H3,(H,28,29)/t13?,18-/m0/s1. The number of esters is 1. The summed E-state index contributed by atoms with van der Waals surface area (Å²) in [5, 5.41) is 2.95. The van der Waals surface area contributed by atoms with Crippen molar-refractivity contribution in [3.63, 3.8) is 0 Å². The number of fused-ring (bicyclic) bond motifs is 3. The van der Waals surface area contributed by atoms with E-state index in [1.54, 1.807) is 18.2 Å². The number of aliphatic imine (C=N–C) groups is 1. The second-order valence-corrected chi connectivity index (χ2v) is 8.93. The molecule has 0 aliphatic heterocycles. The van der Waals surface area contributed by atoms with Crippen molar-refractivity contribution in [2.75, 3.05) is 20.5 Å². The molecule has 0 saturated heterocycles. The van der Waals surface area contributed by atoms with Gasteiger partial charge in [0.15, 0.2) is 5.43 Å². The van der Waals surface area contributed by atoms with Gasteiger partial charge in [-0.1, -0.05) is 0 Å². The van der Waals surface area contributed by atoms with Gasteiger partial charge in [0.05, 0.1) is 4.90 Å². The van der Waals surface area contributed by atoms with E-state index in [2.05, 4.69) is 10.3 Å². The van der Waals surface area contributed by atoms with Gasteiger partial charge in [0.25, 0.3) is 0 Å². The molecular weight excluding hydrogens is 483 g/mol. The van der Waals surface area contributed by atoms with Gasteiger partial charge in [0, 0.05) is 6.92 Å². The normalized spacial score (nSPS) is 15.1. The molecule has 0 aromatic heterocycles. The van der Waals surface area contributed by atoms with Crippen LogP contribution in [0.5, 0.6) is 17.2 Å². The summed E-state index contributed by atoms with van der Waals surface area (Å²) in [4.78, 5) is 41.9. The summed E-state index contributed by atoms with van der Waals surface area (Å²) >= 11 is 1.34. The minimum absolute atomic E-state index is 0.139. The van der Waals surface area contributed by atoms with Gasteiger partial charge in [0.1, 0.15) is 0 Å². The van der Waals surface area contributed by atoms with Crippen LogP contribution in [-0.4, -0.2) is 51.7 Å². The van der Waals surface area contributed by atoms with E-state index < -0.39 is 18.1 Å². The molecule has 0 heterocycles. The molecule has 1 aliphatic rings. The third-order valence-electron chi connectivity index (χ3n) is 5.80. The van der Waals surface area contributed by atoms with Gasteiger partial charge in [0.2, 0.25) is 5.91 Å². The summed E-state index contributed by atoms with van der Waals surface area (Å²) in [5.41, 5.74) is 2.69. The van der Waals surface area contributed by atoms with Gasteiger partial charge >= 0.3 is 163 Å². The van der Waals surface area contributed by atoms with E-state index in [4.69, 9.17) is 14.2 Å². The molecule has 1 aliphatic carbocycles. The Labute approximate surface area is 213 Å². The summed E-state index contributed by atoms with van der Waals surface area (Å²) in [7, 11) is 3.39. The van der Waals surface area contributed by atoms with Crippen LogP contribution in [0.1, 0.15) is 37.4 Å². The number of methoxy groups -OCH3 is 2. The van der Waals surface area contributed by atoms with Crippen LogP contribution in [0.2, 0.25) is 0 Å². The maximum atomic E-state index is 12.9. The molecule has 2 aromatic carbocycles. The SMILES string of the molecule is COc1c(OC(=O)C(C)N=CB=O)cc2c(c1OC)-c1ccc(SC)c(=O)cc1[C@@H](NC(C)=O)CC2. The summed E-state index contributed by atoms with van der Waals surface area (Å²) in [6, 6.07) is 5.52. The minimum atomic E-state index is -0.908. The second-order valence-electron chi connectivity index (χ2n) is 8.08. The number of amides is 1. The number of hydrogen-bond donors (Lipinski definition) is 1. The van der Waals surface area contributed by atoms with E-state index in [1.165, 1.54) is 39.8 Å². The van der Waals surface area contributed by atoms with Gasteiger partial charge in [-0.15, -0.1) is 11.8 Å². The molecule has 0 bridgehead atoms. The summed E-state index contributed by atoms with van der Waals surface area (Å²) in [5.74, 6) is -0.231. The monoisotopic (exact) mass is 510 g/mol. The number of carbonyl (C=O) groups is 2. The van der Waals surface area contributed by atoms with Crippen molar-refractivity contribution in [1.82, 2.24) is 5.32 Å². The van der Waals surface area contributed by atoms with Gasteiger partial charge in [-0.25, -0.2) is 0 Å². The topological polar surface area (TPSA) is 120 Å². The maximum absolute atomic E-state index is 12.9. The van der Waals surface area contributed by atoms with E-state index in [9.17, 15) is 19.1 Å². The third-order valence-corrected chi connectivity index (χ3v) is 6.58. The van der Waals surface area contributed by atoms with Crippen LogP contribution in [0.25, 0.3) is 11.1 Å². The molecule has 11 heteroatoms. The fraction of sp³-hybridized carbons (Fsp3) is 0.360. The molecule has 2 atom stereocenters. The van der Waals surface area contributed by atoms with Gasteiger partial charge in [-0.2, -0.15) is 0 Å². The number of nitrogens with one attached hydrogen (secondary N) is 1. The number of ether oxygens (including phenoxy) is 3. The first kappa shape index (κ1) is 27.1.